The first-order valence-electron chi connectivity index (χ1n) is 11.1. The summed E-state index contributed by atoms with van der Waals surface area (Å²) < 4.78 is 33.4. The average molecular weight is 506 g/mol. The summed E-state index contributed by atoms with van der Waals surface area (Å²) in [5.74, 6) is -2.90. The molecule has 1 atom stereocenters. The molecule has 1 unspecified atom stereocenters. The van der Waals surface area contributed by atoms with Crippen LogP contribution in [0.5, 0.6) is 0 Å². The first-order chi connectivity index (χ1) is 16.9. The van der Waals surface area contributed by atoms with Gasteiger partial charge in [0.15, 0.2) is 0 Å². The molecule has 13 heteroatoms. The summed E-state index contributed by atoms with van der Waals surface area (Å²) in [6, 6.07) is 5.58. The topological polar surface area (TPSA) is 124 Å². The zero-order valence-electron chi connectivity index (χ0n) is 19.6. The van der Waals surface area contributed by atoms with Crippen LogP contribution < -0.4 is 10.2 Å². The number of nitrogens with one attached hydrogen (secondary N) is 2. The lowest BCUT2D eigenvalue weighted by Gasteiger charge is -2.22. The number of nitrogens with zero attached hydrogens (tertiary/aromatic N) is 4. The summed E-state index contributed by atoms with van der Waals surface area (Å²) in [4.78, 5) is 41.6. The number of aromatic nitrogens is 3. The zero-order valence-corrected chi connectivity index (χ0v) is 19.6. The number of aliphatic carboxylic acids is 1. The molecular weight excluding hydrogens is 481 g/mol. The van der Waals surface area contributed by atoms with Gasteiger partial charge < -0.3 is 25.2 Å². The molecule has 192 valence electrons. The summed E-state index contributed by atoms with van der Waals surface area (Å²) in [5.41, 5.74) is 5.01. The number of amides is 2. The normalized spacial score (nSPS) is 18.1. The second-order valence-electron chi connectivity index (χ2n) is 8.88. The first kappa shape index (κ1) is 25.2. The Hall–Kier alpha value is -3.87. The van der Waals surface area contributed by atoms with Gasteiger partial charge in [0.1, 0.15) is 0 Å². The van der Waals surface area contributed by atoms with Crippen LogP contribution in [-0.4, -0.2) is 74.9 Å². The van der Waals surface area contributed by atoms with E-state index in [4.69, 9.17) is 9.90 Å². The SMILES string of the molecule is CN1CCc2[nH]c3ccc(C(=O)NC4CC(=O)N(c5cnn(C)c5)C4)cc3c2C1.O=C(O)C(F)(F)F. The second-order valence-corrected chi connectivity index (χ2v) is 8.88. The number of carbonyl (C=O) groups excluding carboxylic acids is 2. The van der Waals surface area contributed by atoms with E-state index in [0.29, 0.717) is 18.5 Å². The van der Waals surface area contributed by atoms with Gasteiger partial charge in [0.05, 0.1) is 17.9 Å². The van der Waals surface area contributed by atoms with E-state index >= 15 is 0 Å². The minimum atomic E-state index is -5.08. The maximum atomic E-state index is 12.9. The molecule has 3 N–H and O–H groups in total. The number of aromatic amines is 1. The smallest absolute Gasteiger partial charge is 0.475 e. The Morgan fingerprint density at radius 1 is 1.25 bits per heavy atom. The molecule has 10 nitrogen and oxygen atoms in total. The maximum absolute atomic E-state index is 12.9. The molecule has 2 amide bonds. The predicted molar refractivity (Wildman–Crippen MR) is 123 cm³/mol. The predicted octanol–water partition coefficient (Wildman–Crippen LogP) is 2.06. The van der Waals surface area contributed by atoms with E-state index in [2.05, 4.69) is 27.3 Å². The van der Waals surface area contributed by atoms with Gasteiger partial charge in [-0.3, -0.25) is 14.3 Å². The Bertz CT molecular complexity index is 1310. The average Bonchev–Trinajstić information content (AvgIpc) is 3.49. The minimum Gasteiger partial charge on any atom is -0.475 e. The fourth-order valence-corrected chi connectivity index (χ4v) is 4.36. The van der Waals surface area contributed by atoms with Gasteiger partial charge in [0, 0.05) is 67.9 Å². The number of likely N-dealkylation sites (N-methyl/N-ethyl adjacent to an activating group) is 1. The van der Waals surface area contributed by atoms with Crippen molar-refractivity contribution in [1.82, 2.24) is 25.0 Å². The molecule has 1 aromatic carbocycles. The van der Waals surface area contributed by atoms with Crippen molar-refractivity contribution in [1.29, 1.82) is 0 Å². The van der Waals surface area contributed by atoms with E-state index in [-0.39, 0.29) is 17.9 Å². The van der Waals surface area contributed by atoms with Gasteiger partial charge in [-0.15, -0.1) is 0 Å². The Labute approximate surface area is 203 Å². The molecule has 0 saturated carbocycles. The lowest BCUT2D eigenvalue weighted by atomic mass is 10.0. The summed E-state index contributed by atoms with van der Waals surface area (Å²) >= 11 is 0. The van der Waals surface area contributed by atoms with Crippen molar-refractivity contribution < 1.29 is 32.7 Å². The number of carbonyl (C=O) groups is 3. The van der Waals surface area contributed by atoms with E-state index in [1.165, 1.54) is 11.3 Å². The van der Waals surface area contributed by atoms with Crippen molar-refractivity contribution in [2.75, 3.05) is 25.0 Å². The van der Waals surface area contributed by atoms with Crippen LogP contribution >= 0.6 is 0 Å². The maximum Gasteiger partial charge on any atom is 0.490 e. The molecule has 0 aliphatic carbocycles. The van der Waals surface area contributed by atoms with Crippen LogP contribution in [0.4, 0.5) is 18.9 Å². The molecule has 2 aromatic heterocycles. The highest BCUT2D eigenvalue weighted by Gasteiger charge is 2.38. The number of H-pyrrole nitrogens is 1. The summed E-state index contributed by atoms with van der Waals surface area (Å²) in [6.45, 7) is 2.39. The van der Waals surface area contributed by atoms with Gasteiger partial charge in [-0.05, 0) is 30.8 Å². The van der Waals surface area contributed by atoms with Gasteiger partial charge in [0.25, 0.3) is 5.91 Å². The van der Waals surface area contributed by atoms with Crippen molar-refractivity contribution in [3.05, 3.63) is 47.4 Å². The van der Waals surface area contributed by atoms with Crippen LogP contribution in [0.2, 0.25) is 0 Å². The third-order valence-electron chi connectivity index (χ3n) is 6.13. The highest BCUT2D eigenvalue weighted by molar-refractivity contribution is 6.01. The molecule has 0 bridgehead atoms. The molecule has 5 rings (SSSR count). The largest absolute Gasteiger partial charge is 0.490 e. The fraction of sp³-hybridized carbons (Fsp3) is 0.391. The van der Waals surface area contributed by atoms with E-state index in [1.54, 1.807) is 15.8 Å². The molecule has 0 spiro atoms. The van der Waals surface area contributed by atoms with Gasteiger partial charge in [-0.1, -0.05) is 0 Å². The van der Waals surface area contributed by atoms with E-state index in [0.717, 1.165) is 36.1 Å². The number of rotatable bonds is 3. The third kappa shape index (κ3) is 5.35. The van der Waals surface area contributed by atoms with Gasteiger partial charge in [0.2, 0.25) is 5.91 Å². The van der Waals surface area contributed by atoms with Crippen LogP contribution in [0, 0.1) is 0 Å². The fourth-order valence-electron chi connectivity index (χ4n) is 4.36. The summed E-state index contributed by atoms with van der Waals surface area (Å²) in [6.07, 6.45) is -0.312. The molecule has 3 aromatic rings. The summed E-state index contributed by atoms with van der Waals surface area (Å²) in [5, 5.41) is 15.4. The lowest BCUT2D eigenvalue weighted by molar-refractivity contribution is -0.192. The molecule has 36 heavy (non-hydrogen) atoms. The molecular formula is C23H25F3N6O4. The van der Waals surface area contributed by atoms with Gasteiger partial charge >= 0.3 is 12.1 Å². The number of hydrogen-bond acceptors (Lipinski definition) is 5. The lowest BCUT2D eigenvalue weighted by Crippen LogP contribution is -2.37. The molecule has 1 fully saturated rings. The van der Waals surface area contributed by atoms with Crippen LogP contribution in [0.15, 0.2) is 30.6 Å². The number of alkyl halides is 3. The highest BCUT2D eigenvalue weighted by atomic mass is 19.4. The minimum absolute atomic E-state index is 0.00138. The number of halogens is 3. The number of carboxylic acids is 1. The number of carboxylic acid groups (broad SMARTS) is 1. The van der Waals surface area contributed by atoms with Crippen molar-refractivity contribution in [2.24, 2.45) is 7.05 Å². The van der Waals surface area contributed by atoms with Crippen molar-refractivity contribution in [3.8, 4) is 0 Å². The third-order valence-corrected chi connectivity index (χ3v) is 6.13. The number of benzene rings is 1. The second kappa shape index (κ2) is 9.64. The zero-order chi connectivity index (χ0) is 26.2. The monoisotopic (exact) mass is 506 g/mol. The summed E-state index contributed by atoms with van der Waals surface area (Å²) in [7, 11) is 3.93. The van der Waals surface area contributed by atoms with Gasteiger partial charge in [-0.25, -0.2) is 4.79 Å². The van der Waals surface area contributed by atoms with Crippen molar-refractivity contribution in [2.45, 2.75) is 31.6 Å². The number of hydrogen-bond donors (Lipinski definition) is 3. The Morgan fingerprint density at radius 3 is 2.61 bits per heavy atom. The molecule has 4 heterocycles. The highest BCUT2D eigenvalue weighted by Crippen LogP contribution is 2.28. The first-order valence-corrected chi connectivity index (χ1v) is 11.1. The molecule has 1 saturated heterocycles. The molecule has 0 radical (unpaired) electrons. The van der Waals surface area contributed by atoms with Crippen LogP contribution in [0.1, 0.15) is 28.0 Å². The number of aryl methyl sites for hydroxylation is 1. The van der Waals surface area contributed by atoms with E-state index in [9.17, 15) is 22.8 Å². The Balaban J connectivity index is 0.000000384. The molecule has 2 aliphatic rings. The van der Waals surface area contributed by atoms with E-state index in [1.807, 2.05) is 31.4 Å². The standard InChI is InChI=1S/C21H24N6O2.C2HF3O2/c1-25-6-5-19-17(12-25)16-7-13(3-4-18(16)24-19)21(29)23-14-8-20(28)27(10-14)15-9-22-26(2)11-15;3-2(4,5)1(6)7/h3-4,7,9,11,14,24H,5-6,8,10,12H2,1-2H3,(H,23,29);(H,6,7). The Kier molecular flexibility index (Phi) is 6.76. The van der Waals surface area contributed by atoms with Crippen molar-refractivity contribution in [3.63, 3.8) is 0 Å². The Morgan fingerprint density at radius 2 is 1.97 bits per heavy atom. The van der Waals surface area contributed by atoms with Crippen LogP contribution in [0.3, 0.4) is 0 Å². The quantitative estimate of drug-likeness (QED) is 0.500. The van der Waals surface area contributed by atoms with E-state index < -0.39 is 12.1 Å². The number of anilines is 1. The van der Waals surface area contributed by atoms with Crippen molar-refractivity contribution >= 4 is 34.4 Å². The van der Waals surface area contributed by atoms with Gasteiger partial charge in [-0.2, -0.15) is 18.3 Å². The van der Waals surface area contributed by atoms with Crippen LogP contribution in [0.25, 0.3) is 10.9 Å². The van der Waals surface area contributed by atoms with Crippen LogP contribution in [-0.2, 0) is 29.6 Å². The molecule has 2 aliphatic heterocycles. The number of fused-ring (bicyclic) bond motifs is 3.